The number of ether oxygens (including phenoxy) is 1. The summed E-state index contributed by atoms with van der Waals surface area (Å²) in [4.78, 5) is 22.0. The van der Waals surface area contributed by atoms with Gasteiger partial charge >= 0.3 is 0 Å². The Morgan fingerprint density at radius 3 is 2.81 bits per heavy atom. The number of fused-ring (bicyclic) bond motifs is 3. The van der Waals surface area contributed by atoms with Crippen LogP contribution in [0.1, 0.15) is 19.3 Å². The van der Waals surface area contributed by atoms with E-state index in [9.17, 15) is 4.79 Å². The van der Waals surface area contributed by atoms with Crippen LogP contribution in [0.5, 0.6) is 5.75 Å². The van der Waals surface area contributed by atoms with Crippen LogP contribution in [-0.2, 0) is 4.79 Å². The number of anilines is 1. The molecule has 9 heteroatoms. The number of methoxy groups -OCH3 is 1. The average molecular weight is 437 g/mol. The molecule has 0 radical (unpaired) electrons. The minimum Gasteiger partial charge on any atom is -0.497 e. The van der Waals surface area contributed by atoms with E-state index >= 15 is 0 Å². The van der Waals surface area contributed by atoms with Crippen LogP contribution in [0, 0.1) is 0 Å². The Balaban J connectivity index is 1.65. The predicted molar refractivity (Wildman–Crippen MR) is 120 cm³/mol. The second-order valence-electron chi connectivity index (χ2n) is 7.48. The lowest BCUT2D eigenvalue weighted by molar-refractivity contribution is -0.121. The van der Waals surface area contributed by atoms with Gasteiger partial charge in [0.1, 0.15) is 11.8 Å². The third-order valence-corrected chi connectivity index (χ3v) is 5.66. The standard InChI is InChI=1S/C22H21ClN6O2/c1-31-15-8-5-13(6-9-15)19-27-20-16-12-14(23)7-10-17(16)25-22(29(20)28-19)26-18-4-2-3-11-24-21(18)30/h5-10,12,18H,2-4,11H2,1H3,(H,24,30)(H,25,26)/t18-/m1/s1. The second kappa shape index (κ2) is 8.03. The summed E-state index contributed by atoms with van der Waals surface area (Å²) in [6, 6.07) is 12.6. The van der Waals surface area contributed by atoms with Crippen LogP contribution in [0.2, 0.25) is 5.02 Å². The van der Waals surface area contributed by atoms with E-state index in [0.717, 1.165) is 41.5 Å². The summed E-state index contributed by atoms with van der Waals surface area (Å²) in [7, 11) is 1.63. The zero-order valence-corrected chi connectivity index (χ0v) is 17.7. The summed E-state index contributed by atoms with van der Waals surface area (Å²) in [5.41, 5.74) is 2.19. The highest BCUT2D eigenvalue weighted by atomic mass is 35.5. The number of benzene rings is 2. The molecule has 0 bridgehead atoms. The lowest BCUT2D eigenvalue weighted by Crippen LogP contribution is -2.38. The van der Waals surface area contributed by atoms with E-state index in [0.29, 0.717) is 29.0 Å². The number of carbonyl (C=O) groups is 1. The highest BCUT2D eigenvalue weighted by Gasteiger charge is 2.23. The third kappa shape index (κ3) is 3.74. The summed E-state index contributed by atoms with van der Waals surface area (Å²) < 4.78 is 6.89. The van der Waals surface area contributed by atoms with Crippen LogP contribution in [0.15, 0.2) is 42.5 Å². The zero-order valence-electron chi connectivity index (χ0n) is 16.9. The van der Waals surface area contributed by atoms with Crippen LogP contribution in [0.3, 0.4) is 0 Å². The summed E-state index contributed by atoms with van der Waals surface area (Å²) in [6.45, 7) is 0.695. The molecule has 0 spiro atoms. The number of nitrogens with one attached hydrogen (secondary N) is 2. The molecule has 1 aliphatic rings. The lowest BCUT2D eigenvalue weighted by atomic mass is 10.1. The quantitative estimate of drug-likeness (QED) is 0.506. The summed E-state index contributed by atoms with van der Waals surface area (Å²) in [5.74, 6) is 1.75. The molecular formula is C22H21ClN6O2. The number of hydrogen-bond donors (Lipinski definition) is 2. The van der Waals surface area contributed by atoms with Gasteiger partial charge in [-0.3, -0.25) is 4.79 Å². The van der Waals surface area contributed by atoms with Gasteiger partial charge < -0.3 is 15.4 Å². The molecule has 1 amide bonds. The number of nitrogens with zero attached hydrogens (tertiary/aromatic N) is 4. The molecule has 2 aromatic carbocycles. The number of aromatic nitrogens is 4. The van der Waals surface area contributed by atoms with Crippen molar-refractivity contribution in [3.05, 3.63) is 47.5 Å². The maximum Gasteiger partial charge on any atom is 0.242 e. The maximum atomic E-state index is 12.5. The molecule has 0 unspecified atom stereocenters. The largest absolute Gasteiger partial charge is 0.497 e. The second-order valence-corrected chi connectivity index (χ2v) is 7.92. The van der Waals surface area contributed by atoms with Crippen molar-refractivity contribution in [2.24, 2.45) is 0 Å². The van der Waals surface area contributed by atoms with E-state index in [2.05, 4.69) is 10.6 Å². The third-order valence-electron chi connectivity index (χ3n) is 5.42. The molecule has 1 aliphatic heterocycles. The van der Waals surface area contributed by atoms with Gasteiger partial charge in [0.15, 0.2) is 11.5 Å². The first-order chi connectivity index (χ1) is 15.1. The first-order valence-corrected chi connectivity index (χ1v) is 10.5. The first-order valence-electron chi connectivity index (χ1n) is 10.2. The minimum absolute atomic E-state index is 0.0286. The molecular weight excluding hydrogens is 416 g/mol. The topological polar surface area (TPSA) is 93.4 Å². The summed E-state index contributed by atoms with van der Waals surface area (Å²) >= 11 is 6.24. The molecule has 1 atom stereocenters. The molecule has 1 saturated heterocycles. The van der Waals surface area contributed by atoms with E-state index < -0.39 is 0 Å². The van der Waals surface area contributed by atoms with Gasteiger partial charge in [-0.15, -0.1) is 5.10 Å². The molecule has 31 heavy (non-hydrogen) atoms. The van der Waals surface area contributed by atoms with Crippen molar-refractivity contribution < 1.29 is 9.53 Å². The lowest BCUT2D eigenvalue weighted by Gasteiger charge is -2.16. The fraction of sp³-hybridized carbons (Fsp3) is 0.273. The number of carbonyl (C=O) groups excluding carboxylic acids is 1. The van der Waals surface area contributed by atoms with Gasteiger partial charge in [0.05, 0.1) is 12.6 Å². The van der Waals surface area contributed by atoms with E-state index in [1.165, 1.54) is 0 Å². The van der Waals surface area contributed by atoms with Crippen LogP contribution in [-0.4, -0.2) is 45.2 Å². The van der Waals surface area contributed by atoms with E-state index in [-0.39, 0.29) is 11.9 Å². The molecule has 2 aromatic heterocycles. The summed E-state index contributed by atoms with van der Waals surface area (Å²) in [6.07, 6.45) is 2.65. The normalized spacial score (nSPS) is 16.8. The Bertz CT molecular complexity index is 1270. The molecule has 0 saturated carbocycles. The van der Waals surface area contributed by atoms with E-state index in [4.69, 9.17) is 31.4 Å². The van der Waals surface area contributed by atoms with Gasteiger partial charge in [0, 0.05) is 22.5 Å². The number of hydrogen-bond acceptors (Lipinski definition) is 6. The van der Waals surface area contributed by atoms with Crippen molar-refractivity contribution in [2.75, 3.05) is 19.0 Å². The molecule has 5 rings (SSSR count). The Labute approximate surface area is 183 Å². The Morgan fingerprint density at radius 1 is 1.16 bits per heavy atom. The SMILES string of the molecule is COc1ccc(-c2nc3c4cc(Cl)ccc4nc(N[C@@H]4CCCCNC4=O)n3n2)cc1. The minimum atomic E-state index is -0.378. The summed E-state index contributed by atoms with van der Waals surface area (Å²) in [5, 5.41) is 12.3. The number of rotatable bonds is 4. The van der Waals surface area contributed by atoms with E-state index in [1.807, 2.05) is 36.4 Å². The van der Waals surface area contributed by atoms with Crippen molar-refractivity contribution in [1.29, 1.82) is 0 Å². The van der Waals surface area contributed by atoms with Crippen LogP contribution >= 0.6 is 11.6 Å². The smallest absolute Gasteiger partial charge is 0.242 e. The van der Waals surface area contributed by atoms with Crippen molar-refractivity contribution in [2.45, 2.75) is 25.3 Å². The van der Waals surface area contributed by atoms with Crippen molar-refractivity contribution in [1.82, 2.24) is 24.9 Å². The Hall–Kier alpha value is -3.39. The van der Waals surface area contributed by atoms with Crippen LogP contribution in [0.4, 0.5) is 5.95 Å². The molecule has 8 nitrogen and oxygen atoms in total. The Morgan fingerprint density at radius 2 is 2.00 bits per heavy atom. The average Bonchev–Trinajstić information content (AvgIpc) is 3.14. The zero-order chi connectivity index (χ0) is 21.4. The number of halogens is 1. The molecule has 3 heterocycles. The molecule has 158 valence electrons. The fourth-order valence-electron chi connectivity index (χ4n) is 3.77. The maximum absolute atomic E-state index is 12.5. The highest BCUT2D eigenvalue weighted by molar-refractivity contribution is 6.31. The van der Waals surface area contributed by atoms with Gasteiger partial charge in [-0.25, -0.2) is 9.97 Å². The molecule has 2 N–H and O–H groups in total. The van der Waals surface area contributed by atoms with Gasteiger partial charge in [0.2, 0.25) is 11.9 Å². The van der Waals surface area contributed by atoms with Crippen molar-refractivity contribution in [3.63, 3.8) is 0 Å². The van der Waals surface area contributed by atoms with Crippen molar-refractivity contribution in [3.8, 4) is 17.1 Å². The Kier molecular flexibility index (Phi) is 5.07. The van der Waals surface area contributed by atoms with Crippen molar-refractivity contribution >= 4 is 40.0 Å². The van der Waals surface area contributed by atoms with Gasteiger partial charge in [0.25, 0.3) is 0 Å². The van der Waals surface area contributed by atoms with Gasteiger partial charge in [-0.05, 0) is 61.7 Å². The van der Waals surface area contributed by atoms with Crippen LogP contribution < -0.4 is 15.4 Å². The predicted octanol–water partition coefficient (Wildman–Crippen LogP) is 3.69. The molecule has 1 fully saturated rings. The fourth-order valence-corrected chi connectivity index (χ4v) is 3.94. The molecule has 0 aliphatic carbocycles. The number of amides is 1. The molecule has 4 aromatic rings. The first kappa shape index (κ1) is 19.6. The van der Waals surface area contributed by atoms with E-state index in [1.54, 1.807) is 17.7 Å². The van der Waals surface area contributed by atoms with Gasteiger partial charge in [-0.2, -0.15) is 4.52 Å². The monoisotopic (exact) mass is 436 g/mol. The van der Waals surface area contributed by atoms with Gasteiger partial charge in [-0.1, -0.05) is 11.6 Å². The van der Waals surface area contributed by atoms with Crippen LogP contribution in [0.25, 0.3) is 27.9 Å². The highest BCUT2D eigenvalue weighted by Crippen LogP contribution is 2.27.